The molecule has 2 aromatic rings. The topological polar surface area (TPSA) is 70.2 Å². The van der Waals surface area contributed by atoms with Crippen molar-refractivity contribution in [2.75, 3.05) is 23.3 Å². The highest BCUT2D eigenvalue weighted by atomic mass is 19.1. The molecule has 1 aliphatic rings. The van der Waals surface area contributed by atoms with E-state index in [9.17, 15) is 9.18 Å². The van der Waals surface area contributed by atoms with Crippen LogP contribution in [0.3, 0.4) is 0 Å². The van der Waals surface area contributed by atoms with Gasteiger partial charge in [0.15, 0.2) is 0 Å². The summed E-state index contributed by atoms with van der Waals surface area (Å²) in [6.45, 7) is 4.14. The fourth-order valence-electron chi connectivity index (χ4n) is 2.88. The summed E-state index contributed by atoms with van der Waals surface area (Å²) in [7, 11) is 0. The van der Waals surface area contributed by atoms with Crippen molar-refractivity contribution < 1.29 is 9.18 Å². The molecule has 25 heavy (non-hydrogen) atoms. The van der Waals surface area contributed by atoms with E-state index in [0.717, 1.165) is 24.6 Å². The zero-order valence-electron chi connectivity index (χ0n) is 14.3. The van der Waals surface area contributed by atoms with E-state index in [-0.39, 0.29) is 6.54 Å². The highest BCUT2D eigenvalue weighted by Crippen LogP contribution is 2.18. The van der Waals surface area contributed by atoms with Crippen LogP contribution in [0.25, 0.3) is 0 Å². The molecular formula is C18H22FN5O. The summed E-state index contributed by atoms with van der Waals surface area (Å²) in [4.78, 5) is 23.2. The van der Waals surface area contributed by atoms with Gasteiger partial charge in [-0.3, -0.25) is 0 Å². The van der Waals surface area contributed by atoms with Gasteiger partial charge in [-0.15, -0.1) is 0 Å². The third kappa shape index (κ3) is 4.89. The summed E-state index contributed by atoms with van der Waals surface area (Å²) < 4.78 is 13.1. The first-order chi connectivity index (χ1) is 12.1. The summed E-state index contributed by atoms with van der Waals surface area (Å²) in [5.41, 5.74) is 1.27. The molecule has 3 rings (SSSR count). The number of benzene rings is 1. The minimum absolute atomic E-state index is 0.212. The van der Waals surface area contributed by atoms with Crippen molar-refractivity contribution in [2.24, 2.45) is 0 Å². The molecule has 1 saturated heterocycles. The van der Waals surface area contributed by atoms with Gasteiger partial charge in [0.2, 0.25) is 0 Å². The van der Waals surface area contributed by atoms with Crippen LogP contribution in [-0.2, 0) is 6.54 Å². The van der Waals surface area contributed by atoms with Crippen LogP contribution in [0.1, 0.15) is 30.8 Å². The van der Waals surface area contributed by atoms with Crippen LogP contribution in [0, 0.1) is 12.7 Å². The van der Waals surface area contributed by atoms with Gasteiger partial charge in [-0.25, -0.2) is 19.2 Å². The molecular weight excluding hydrogens is 321 g/mol. The first-order valence-electron chi connectivity index (χ1n) is 8.50. The lowest BCUT2D eigenvalue weighted by molar-refractivity contribution is 0.251. The van der Waals surface area contributed by atoms with Crippen LogP contribution in [-0.4, -0.2) is 29.1 Å². The van der Waals surface area contributed by atoms with Crippen molar-refractivity contribution in [3.8, 4) is 0 Å². The van der Waals surface area contributed by atoms with Gasteiger partial charge in [0.1, 0.15) is 17.5 Å². The van der Waals surface area contributed by atoms with E-state index in [1.54, 1.807) is 12.1 Å². The molecule has 2 amide bonds. The lowest BCUT2D eigenvalue weighted by Gasteiger charge is -2.28. The lowest BCUT2D eigenvalue weighted by Crippen LogP contribution is -2.32. The Labute approximate surface area is 146 Å². The summed E-state index contributed by atoms with van der Waals surface area (Å²) >= 11 is 0. The van der Waals surface area contributed by atoms with Crippen LogP contribution in [0.4, 0.5) is 20.7 Å². The quantitative estimate of drug-likeness (QED) is 0.894. The third-order valence-corrected chi connectivity index (χ3v) is 4.06. The van der Waals surface area contributed by atoms with Crippen molar-refractivity contribution in [3.63, 3.8) is 0 Å². The first kappa shape index (κ1) is 17.1. The van der Waals surface area contributed by atoms with Crippen molar-refractivity contribution >= 4 is 17.5 Å². The molecule has 0 radical (unpaired) electrons. The molecule has 0 unspecified atom stereocenters. The zero-order valence-corrected chi connectivity index (χ0v) is 14.3. The van der Waals surface area contributed by atoms with Crippen LogP contribution in [0.5, 0.6) is 0 Å². The number of nitrogens with zero attached hydrogens (tertiary/aromatic N) is 3. The Morgan fingerprint density at radius 1 is 1.20 bits per heavy atom. The molecule has 1 aromatic carbocycles. The number of aromatic nitrogens is 2. The number of urea groups is 1. The van der Waals surface area contributed by atoms with Gasteiger partial charge < -0.3 is 15.5 Å². The van der Waals surface area contributed by atoms with Gasteiger partial charge in [-0.1, -0.05) is 6.07 Å². The van der Waals surface area contributed by atoms with Crippen molar-refractivity contribution in [2.45, 2.75) is 32.7 Å². The van der Waals surface area contributed by atoms with Crippen molar-refractivity contribution in [3.05, 3.63) is 47.7 Å². The normalized spacial score (nSPS) is 14.2. The predicted molar refractivity (Wildman–Crippen MR) is 95.1 cm³/mol. The Morgan fingerprint density at radius 3 is 2.76 bits per heavy atom. The predicted octanol–water partition coefficient (Wildman–Crippen LogP) is 3.24. The highest BCUT2D eigenvalue weighted by molar-refractivity contribution is 5.89. The molecule has 6 nitrogen and oxygen atoms in total. The maximum Gasteiger partial charge on any atom is 0.319 e. The van der Waals surface area contributed by atoms with Crippen LogP contribution in [0.15, 0.2) is 30.3 Å². The number of piperidine rings is 1. The molecule has 2 heterocycles. The van der Waals surface area contributed by atoms with E-state index in [1.165, 1.54) is 31.4 Å². The van der Waals surface area contributed by atoms with Crippen molar-refractivity contribution in [1.82, 2.24) is 15.3 Å². The maximum atomic E-state index is 13.1. The second-order valence-corrected chi connectivity index (χ2v) is 6.15. The monoisotopic (exact) mass is 343 g/mol. The molecule has 1 aromatic heterocycles. The van der Waals surface area contributed by atoms with Gasteiger partial charge in [-0.2, -0.15) is 0 Å². The van der Waals surface area contributed by atoms with Gasteiger partial charge in [-0.05, 0) is 44.4 Å². The van der Waals surface area contributed by atoms with Crippen LogP contribution < -0.4 is 15.5 Å². The minimum Gasteiger partial charge on any atom is -0.357 e. The fraction of sp³-hybridized carbons (Fsp3) is 0.389. The molecule has 0 atom stereocenters. The van der Waals surface area contributed by atoms with Gasteiger partial charge in [0.05, 0.1) is 6.54 Å². The Hall–Kier alpha value is -2.70. The smallest absolute Gasteiger partial charge is 0.319 e. The van der Waals surface area contributed by atoms with Crippen molar-refractivity contribution in [1.29, 1.82) is 0 Å². The van der Waals surface area contributed by atoms with Crippen LogP contribution in [0.2, 0.25) is 0 Å². The van der Waals surface area contributed by atoms with E-state index in [0.29, 0.717) is 11.5 Å². The highest BCUT2D eigenvalue weighted by Gasteiger charge is 2.14. The summed E-state index contributed by atoms with van der Waals surface area (Å²) in [5, 5.41) is 5.30. The average Bonchev–Trinajstić information content (AvgIpc) is 2.60. The number of carbonyl (C=O) groups excluding carboxylic acids is 1. The molecule has 1 aliphatic heterocycles. The molecule has 132 valence electrons. The number of hydrogen-bond donors (Lipinski definition) is 2. The van der Waals surface area contributed by atoms with E-state index >= 15 is 0 Å². The summed E-state index contributed by atoms with van der Waals surface area (Å²) in [6, 6.07) is 7.31. The van der Waals surface area contributed by atoms with Gasteiger partial charge >= 0.3 is 6.03 Å². The second-order valence-electron chi connectivity index (χ2n) is 6.15. The number of halogens is 1. The largest absolute Gasteiger partial charge is 0.357 e. The number of amides is 2. The van der Waals surface area contributed by atoms with Crippen LogP contribution >= 0.6 is 0 Å². The molecule has 0 saturated carbocycles. The molecule has 0 bridgehead atoms. The van der Waals surface area contributed by atoms with E-state index in [1.807, 2.05) is 13.0 Å². The molecule has 0 spiro atoms. The van der Waals surface area contributed by atoms with Gasteiger partial charge in [0, 0.05) is 30.5 Å². The number of carbonyl (C=O) groups is 1. The van der Waals surface area contributed by atoms with E-state index in [4.69, 9.17) is 0 Å². The SMILES string of the molecule is Cc1cc(N2CCCCC2)nc(CNC(=O)Nc2cccc(F)c2)n1. The lowest BCUT2D eigenvalue weighted by atomic mass is 10.1. The second kappa shape index (κ2) is 7.92. The number of rotatable bonds is 4. The maximum absolute atomic E-state index is 13.1. The third-order valence-electron chi connectivity index (χ3n) is 4.06. The first-order valence-corrected chi connectivity index (χ1v) is 8.50. The number of anilines is 2. The number of aryl methyl sites for hydroxylation is 1. The van der Waals surface area contributed by atoms with E-state index < -0.39 is 11.8 Å². The summed E-state index contributed by atoms with van der Waals surface area (Å²) in [5.74, 6) is 1.08. The molecule has 1 fully saturated rings. The number of nitrogens with one attached hydrogen (secondary N) is 2. The van der Waals surface area contributed by atoms with Gasteiger partial charge in [0.25, 0.3) is 0 Å². The Morgan fingerprint density at radius 2 is 2.00 bits per heavy atom. The Kier molecular flexibility index (Phi) is 5.42. The minimum atomic E-state index is -0.421. The average molecular weight is 343 g/mol. The Balaban J connectivity index is 1.60. The standard InChI is InChI=1S/C18H22FN5O/c1-13-10-17(24-8-3-2-4-9-24)23-16(21-13)12-20-18(25)22-15-7-5-6-14(19)11-15/h5-7,10-11H,2-4,8-9,12H2,1H3,(H2,20,22,25). The Bertz CT molecular complexity index is 746. The fourth-order valence-corrected chi connectivity index (χ4v) is 2.88. The number of hydrogen-bond acceptors (Lipinski definition) is 4. The summed E-state index contributed by atoms with van der Waals surface area (Å²) in [6.07, 6.45) is 3.61. The molecule has 0 aliphatic carbocycles. The van der Waals surface area contributed by atoms with E-state index in [2.05, 4.69) is 25.5 Å². The zero-order chi connectivity index (χ0) is 17.6. The molecule has 2 N–H and O–H groups in total. The molecule has 7 heteroatoms.